The summed E-state index contributed by atoms with van der Waals surface area (Å²) < 4.78 is 0. The molecule has 0 radical (unpaired) electrons. The van der Waals surface area contributed by atoms with Crippen LogP contribution in [0.5, 0.6) is 0 Å². The highest BCUT2D eigenvalue weighted by molar-refractivity contribution is 7.09. The van der Waals surface area contributed by atoms with Gasteiger partial charge in [-0.15, -0.1) is 11.3 Å². The van der Waals surface area contributed by atoms with Crippen LogP contribution in [0, 0.1) is 6.92 Å². The zero-order chi connectivity index (χ0) is 13.1. The Kier molecular flexibility index (Phi) is 9.13. The first kappa shape index (κ1) is 15.6. The molecule has 0 atom stereocenters. The maximum Gasteiger partial charge on any atom is 0.0897 e. The van der Waals surface area contributed by atoms with E-state index in [1.807, 2.05) is 0 Å². The van der Waals surface area contributed by atoms with Crippen LogP contribution in [0.25, 0.3) is 0 Å². The molecule has 0 unspecified atom stereocenters. The molecule has 0 aromatic carbocycles. The Bertz CT molecular complexity index is 296. The third-order valence-corrected chi connectivity index (χ3v) is 4.00. The van der Waals surface area contributed by atoms with Crippen LogP contribution in [0.3, 0.4) is 0 Å². The zero-order valence-corrected chi connectivity index (χ0v) is 12.8. The average Bonchev–Trinajstić information content (AvgIpc) is 2.77. The molecule has 1 N–H and O–H groups in total. The zero-order valence-electron chi connectivity index (χ0n) is 12.0. The quantitative estimate of drug-likeness (QED) is 0.589. The van der Waals surface area contributed by atoms with Crippen molar-refractivity contribution in [2.75, 3.05) is 6.54 Å². The lowest BCUT2D eigenvalue weighted by atomic mass is 10.1. The molecular formula is C15H28N2S. The van der Waals surface area contributed by atoms with Crippen molar-refractivity contribution in [1.82, 2.24) is 10.3 Å². The number of nitrogens with zero attached hydrogens (tertiary/aromatic N) is 1. The van der Waals surface area contributed by atoms with Gasteiger partial charge >= 0.3 is 0 Å². The summed E-state index contributed by atoms with van der Waals surface area (Å²) in [6, 6.07) is 0. The van der Waals surface area contributed by atoms with Crippen LogP contribution in [-0.4, -0.2) is 11.5 Å². The Hall–Kier alpha value is -0.410. The van der Waals surface area contributed by atoms with Gasteiger partial charge in [0.1, 0.15) is 0 Å². The van der Waals surface area contributed by atoms with Crippen LogP contribution < -0.4 is 5.32 Å². The molecule has 1 aromatic heterocycles. The van der Waals surface area contributed by atoms with Crippen molar-refractivity contribution in [3.8, 4) is 0 Å². The third-order valence-electron chi connectivity index (χ3n) is 3.18. The topological polar surface area (TPSA) is 24.9 Å². The molecule has 0 bridgehead atoms. The molecule has 1 heterocycles. The summed E-state index contributed by atoms with van der Waals surface area (Å²) >= 11 is 1.73. The smallest absolute Gasteiger partial charge is 0.0897 e. The maximum atomic E-state index is 4.44. The summed E-state index contributed by atoms with van der Waals surface area (Å²) in [5.41, 5.74) is 1.19. The molecular weight excluding hydrogens is 240 g/mol. The Morgan fingerprint density at radius 2 is 1.72 bits per heavy atom. The molecule has 0 aliphatic carbocycles. The summed E-state index contributed by atoms with van der Waals surface area (Å²) in [4.78, 5) is 4.44. The van der Waals surface area contributed by atoms with Crippen LogP contribution in [0.1, 0.15) is 69.0 Å². The molecule has 2 nitrogen and oxygen atoms in total. The highest BCUT2D eigenvalue weighted by atomic mass is 32.1. The van der Waals surface area contributed by atoms with Gasteiger partial charge < -0.3 is 5.32 Å². The molecule has 1 rings (SSSR count). The number of hydrogen-bond acceptors (Lipinski definition) is 3. The van der Waals surface area contributed by atoms with E-state index in [0.717, 1.165) is 13.1 Å². The van der Waals surface area contributed by atoms with Gasteiger partial charge in [-0.05, 0) is 19.9 Å². The summed E-state index contributed by atoms with van der Waals surface area (Å²) in [5, 5.41) is 6.78. The second-order valence-corrected chi connectivity index (χ2v) is 6.07. The number of aryl methyl sites for hydroxylation is 1. The van der Waals surface area contributed by atoms with Gasteiger partial charge in [0.2, 0.25) is 0 Å². The van der Waals surface area contributed by atoms with Gasteiger partial charge in [0.05, 0.1) is 10.7 Å². The van der Waals surface area contributed by atoms with Gasteiger partial charge in [-0.2, -0.15) is 0 Å². The monoisotopic (exact) mass is 268 g/mol. The first-order valence-corrected chi connectivity index (χ1v) is 8.32. The van der Waals surface area contributed by atoms with E-state index in [9.17, 15) is 0 Å². The Morgan fingerprint density at radius 3 is 2.33 bits per heavy atom. The predicted molar refractivity (Wildman–Crippen MR) is 81.2 cm³/mol. The van der Waals surface area contributed by atoms with E-state index in [2.05, 4.69) is 29.5 Å². The van der Waals surface area contributed by atoms with Crippen molar-refractivity contribution in [2.24, 2.45) is 0 Å². The number of nitrogens with one attached hydrogen (secondary N) is 1. The second kappa shape index (κ2) is 10.5. The van der Waals surface area contributed by atoms with Gasteiger partial charge in [-0.1, -0.05) is 51.9 Å². The SMILES string of the molecule is CCCCCCCCCCNCc1csc(C)n1. The van der Waals surface area contributed by atoms with E-state index < -0.39 is 0 Å². The first-order valence-electron chi connectivity index (χ1n) is 7.44. The van der Waals surface area contributed by atoms with Gasteiger partial charge in [0, 0.05) is 11.9 Å². The molecule has 0 fully saturated rings. The summed E-state index contributed by atoms with van der Waals surface area (Å²) in [7, 11) is 0. The van der Waals surface area contributed by atoms with Crippen molar-refractivity contribution in [1.29, 1.82) is 0 Å². The van der Waals surface area contributed by atoms with Gasteiger partial charge in [-0.25, -0.2) is 4.98 Å². The van der Waals surface area contributed by atoms with Crippen LogP contribution in [0.4, 0.5) is 0 Å². The number of thiazole rings is 1. The molecule has 0 aliphatic rings. The van der Waals surface area contributed by atoms with E-state index in [4.69, 9.17) is 0 Å². The second-order valence-electron chi connectivity index (χ2n) is 5.01. The van der Waals surface area contributed by atoms with Gasteiger partial charge in [0.15, 0.2) is 0 Å². The molecule has 0 amide bonds. The Labute approximate surface area is 116 Å². The average molecular weight is 268 g/mol. The minimum Gasteiger partial charge on any atom is -0.311 e. The minimum atomic E-state index is 0.931. The van der Waals surface area contributed by atoms with E-state index in [-0.39, 0.29) is 0 Å². The fourth-order valence-electron chi connectivity index (χ4n) is 2.09. The van der Waals surface area contributed by atoms with E-state index >= 15 is 0 Å². The number of unbranched alkanes of at least 4 members (excludes halogenated alkanes) is 7. The lowest BCUT2D eigenvalue weighted by molar-refractivity contribution is 0.553. The number of rotatable bonds is 11. The molecule has 0 aliphatic heterocycles. The molecule has 3 heteroatoms. The highest BCUT2D eigenvalue weighted by Gasteiger charge is 1.97. The highest BCUT2D eigenvalue weighted by Crippen LogP contribution is 2.09. The third kappa shape index (κ3) is 7.83. The predicted octanol–water partition coefficient (Wildman–Crippen LogP) is 4.68. The largest absolute Gasteiger partial charge is 0.311 e. The summed E-state index contributed by atoms with van der Waals surface area (Å²) in [5.74, 6) is 0. The Balaban J connectivity index is 1.81. The van der Waals surface area contributed by atoms with Crippen molar-refractivity contribution < 1.29 is 0 Å². The fraction of sp³-hybridized carbons (Fsp3) is 0.800. The van der Waals surface area contributed by atoms with E-state index in [1.165, 1.54) is 62.1 Å². The molecule has 0 spiro atoms. The normalized spacial score (nSPS) is 11.0. The summed E-state index contributed by atoms with van der Waals surface area (Å²) in [6.45, 7) is 6.40. The fourth-order valence-corrected chi connectivity index (χ4v) is 2.70. The maximum absolute atomic E-state index is 4.44. The molecule has 0 saturated carbocycles. The van der Waals surface area contributed by atoms with Gasteiger partial charge in [0.25, 0.3) is 0 Å². The van der Waals surface area contributed by atoms with Crippen LogP contribution in [0.2, 0.25) is 0 Å². The molecule has 18 heavy (non-hydrogen) atoms. The van der Waals surface area contributed by atoms with Crippen molar-refractivity contribution >= 4 is 11.3 Å². The van der Waals surface area contributed by atoms with E-state index in [0.29, 0.717) is 0 Å². The lowest BCUT2D eigenvalue weighted by Crippen LogP contribution is -2.14. The summed E-state index contributed by atoms with van der Waals surface area (Å²) in [6.07, 6.45) is 11.1. The molecule has 104 valence electrons. The van der Waals surface area contributed by atoms with E-state index in [1.54, 1.807) is 11.3 Å². The van der Waals surface area contributed by atoms with Crippen LogP contribution >= 0.6 is 11.3 Å². The molecule has 1 aromatic rings. The van der Waals surface area contributed by atoms with Gasteiger partial charge in [-0.3, -0.25) is 0 Å². The van der Waals surface area contributed by atoms with Crippen LogP contribution in [-0.2, 0) is 6.54 Å². The Morgan fingerprint density at radius 1 is 1.06 bits per heavy atom. The lowest BCUT2D eigenvalue weighted by Gasteiger charge is -2.03. The number of hydrogen-bond donors (Lipinski definition) is 1. The number of aromatic nitrogens is 1. The molecule has 0 saturated heterocycles. The van der Waals surface area contributed by atoms with Crippen molar-refractivity contribution in [3.05, 3.63) is 16.1 Å². The van der Waals surface area contributed by atoms with Crippen molar-refractivity contribution in [2.45, 2.75) is 71.8 Å². The minimum absolute atomic E-state index is 0.931. The first-order chi connectivity index (χ1) is 8.83. The standard InChI is InChI=1S/C15H28N2S/c1-3-4-5-6-7-8-9-10-11-16-12-15-13-18-14(2)17-15/h13,16H,3-12H2,1-2H3. The van der Waals surface area contributed by atoms with Crippen molar-refractivity contribution in [3.63, 3.8) is 0 Å². The van der Waals surface area contributed by atoms with Crippen LogP contribution in [0.15, 0.2) is 5.38 Å².